The maximum Gasteiger partial charge on any atom is 0.266 e. The molecule has 0 saturated carbocycles. The molecule has 1 fully saturated rings. The third-order valence-electron chi connectivity index (χ3n) is 4.65. The van der Waals surface area contributed by atoms with Gasteiger partial charge in [0.2, 0.25) is 11.5 Å². The van der Waals surface area contributed by atoms with Crippen LogP contribution in [0, 0.1) is 0 Å². The van der Waals surface area contributed by atoms with Crippen molar-refractivity contribution in [1.82, 2.24) is 14.8 Å². The minimum Gasteiger partial charge on any atom is -0.465 e. The molecule has 2 amide bonds. The van der Waals surface area contributed by atoms with E-state index < -0.39 is 0 Å². The van der Waals surface area contributed by atoms with Crippen molar-refractivity contribution in [2.75, 3.05) is 13.6 Å². The number of aromatic nitrogens is 1. The summed E-state index contributed by atoms with van der Waals surface area (Å²) in [6, 6.07) is 12.4. The summed E-state index contributed by atoms with van der Waals surface area (Å²) in [5, 5.41) is 0.865. The van der Waals surface area contributed by atoms with Crippen molar-refractivity contribution >= 4 is 57.1 Å². The van der Waals surface area contributed by atoms with E-state index in [1.54, 1.807) is 25.3 Å². The van der Waals surface area contributed by atoms with Gasteiger partial charge in [0.05, 0.1) is 11.2 Å². The maximum absolute atomic E-state index is 12.8. The fourth-order valence-electron chi connectivity index (χ4n) is 3.15. The van der Waals surface area contributed by atoms with E-state index in [9.17, 15) is 14.4 Å². The molecule has 9 heteroatoms. The molecule has 0 unspecified atom stereocenters. The van der Waals surface area contributed by atoms with Crippen LogP contribution in [0.3, 0.4) is 0 Å². The first-order valence-corrected chi connectivity index (χ1v) is 10.3. The van der Waals surface area contributed by atoms with Crippen LogP contribution in [0.4, 0.5) is 0 Å². The van der Waals surface area contributed by atoms with Gasteiger partial charge in [-0.1, -0.05) is 42.2 Å². The zero-order chi connectivity index (χ0) is 21.3. The SMILES string of the molecule is CN(Cc1cc(=O)[nH]c2ccccc12)C(=O)CN1C(=O)C(=Cc2ccco2)SC1=S. The Kier molecular flexibility index (Phi) is 5.56. The zero-order valence-corrected chi connectivity index (χ0v) is 17.6. The number of carbonyl (C=O) groups excluding carboxylic acids is 2. The summed E-state index contributed by atoms with van der Waals surface area (Å²) in [6.45, 7) is 0.0675. The summed E-state index contributed by atoms with van der Waals surface area (Å²) in [6.07, 6.45) is 3.12. The smallest absolute Gasteiger partial charge is 0.266 e. The number of hydrogen-bond donors (Lipinski definition) is 1. The largest absolute Gasteiger partial charge is 0.465 e. The Morgan fingerprint density at radius 1 is 1.27 bits per heavy atom. The lowest BCUT2D eigenvalue weighted by Crippen LogP contribution is -2.40. The molecule has 0 atom stereocenters. The van der Waals surface area contributed by atoms with Crippen LogP contribution in [0.15, 0.2) is 62.8 Å². The van der Waals surface area contributed by atoms with Gasteiger partial charge in [-0.2, -0.15) is 0 Å². The van der Waals surface area contributed by atoms with Crippen molar-refractivity contribution in [1.29, 1.82) is 0 Å². The lowest BCUT2D eigenvalue weighted by Gasteiger charge is -2.21. The number of carbonyl (C=O) groups is 2. The molecule has 152 valence electrons. The number of thioether (sulfide) groups is 1. The molecule has 0 radical (unpaired) electrons. The molecule has 1 aliphatic rings. The fourth-order valence-corrected chi connectivity index (χ4v) is 4.38. The first-order valence-electron chi connectivity index (χ1n) is 9.06. The number of fused-ring (bicyclic) bond motifs is 1. The number of rotatable bonds is 5. The van der Waals surface area contributed by atoms with Crippen molar-refractivity contribution in [2.24, 2.45) is 0 Å². The zero-order valence-electron chi connectivity index (χ0n) is 16.0. The van der Waals surface area contributed by atoms with E-state index >= 15 is 0 Å². The van der Waals surface area contributed by atoms with Crippen LogP contribution in [0.1, 0.15) is 11.3 Å². The van der Waals surface area contributed by atoms with Crippen LogP contribution in [-0.2, 0) is 16.1 Å². The number of para-hydroxylation sites is 1. The van der Waals surface area contributed by atoms with Gasteiger partial charge in [0.25, 0.3) is 5.91 Å². The highest BCUT2D eigenvalue weighted by molar-refractivity contribution is 8.26. The van der Waals surface area contributed by atoms with Gasteiger partial charge in [-0.25, -0.2) is 0 Å². The number of likely N-dealkylation sites (N-methyl/N-ethyl adjacent to an activating group) is 1. The van der Waals surface area contributed by atoms with Gasteiger partial charge < -0.3 is 14.3 Å². The number of aromatic amines is 1. The predicted molar refractivity (Wildman–Crippen MR) is 120 cm³/mol. The summed E-state index contributed by atoms with van der Waals surface area (Å²) in [7, 11) is 1.63. The first kappa shape index (κ1) is 20.1. The van der Waals surface area contributed by atoms with Gasteiger partial charge in [-0.05, 0) is 23.8 Å². The number of hydrogen-bond acceptors (Lipinski definition) is 6. The molecule has 3 heterocycles. The average Bonchev–Trinajstić information content (AvgIpc) is 3.32. The van der Waals surface area contributed by atoms with Gasteiger partial charge in [0.1, 0.15) is 16.6 Å². The third kappa shape index (κ3) is 4.07. The molecule has 4 rings (SSSR count). The topological polar surface area (TPSA) is 86.6 Å². The molecule has 1 N–H and O–H groups in total. The van der Waals surface area contributed by atoms with E-state index in [1.807, 2.05) is 24.3 Å². The number of H-pyrrole nitrogens is 1. The minimum atomic E-state index is -0.329. The van der Waals surface area contributed by atoms with Crippen LogP contribution in [-0.4, -0.2) is 44.5 Å². The number of benzene rings is 1. The molecule has 1 saturated heterocycles. The molecule has 0 aliphatic carbocycles. The molecule has 1 aromatic carbocycles. The average molecular weight is 440 g/mol. The summed E-state index contributed by atoms with van der Waals surface area (Å²) in [5.74, 6) is -0.0696. The molecule has 3 aromatic rings. The van der Waals surface area contributed by atoms with Gasteiger partial charge in [0.15, 0.2) is 0 Å². The minimum absolute atomic E-state index is 0.169. The highest BCUT2D eigenvalue weighted by atomic mass is 32.2. The summed E-state index contributed by atoms with van der Waals surface area (Å²) in [4.78, 5) is 43.3. The van der Waals surface area contributed by atoms with Crippen molar-refractivity contribution in [3.05, 3.63) is 75.3 Å². The Hall–Kier alpha value is -3.17. The highest BCUT2D eigenvalue weighted by Gasteiger charge is 2.34. The number of amides is 2. The molecule has 0 bridgehead atoms. The summed E-state index contributed by atoms with van der Waals surface area (Å²) in [5.41, 5.74) is 1.21. The van der Waals surface area contributed by atoms with Gasteiger partial charge in [0, 0.05) is 36.6 Å². The number of nitrogens with one attached hydrogen (secondary N) is 1. The normalized spacial score (nSPS) is 15.4. The number of nitrogens with zero attached hydrogens (tertiary/aromatic N) is 2. The molecule has 2 aromatic heterocycles. The molecular formula is C21H17N3O4S2. The molecular weight excluding hydrogens is 422 g/mol. The van der Waals surface area contributed by atoms with E-state index in [2.05, 4.69) is 4.98 Å². The van der Waals surface area contributed by atoms with E-state index in [0.717, 1.165) is 22.7 Å². The van der Waals surface area contributed by atoms with Crippen LogP contribution >= 0.6 is 24.0 Å². The van der Waals surface area contributed by atoms with Crippen LogP contribution in [0.5, 0.6) is 0 Å². The second-order valence-corrected chi connectivity index (χ2v) is 8.41. The van der Waals surface area contributed by atoms with E-state index in [-0.39, 0.29) is 30.5 Å². The third-order valence-corrected chi connectivity index (χ3v) is 6.03. The van der Waals surface area contributed by atoms with Crippen molar-refractivity contribution < 1.29 is 14.0 Å². The Bertz CT molecular complexity index is 1230. The first-order chi connectivity index (χ1) is 14.4. The van der Waals surface area contributed by atoms with E-state index in [0.29, 0.717) is 20.5 Å². The molecule has 7 nitrogen and oxygen atoms in total. The van der Waals surface area contributed by atoms with Crippen molar-refractivity contribution in [3.63, 3.8) is 0 Å². The Labute approximate surface area is 181 Å². The summed E-state index contributed by atoms with van der Waals surface area (Å²) >= 11 is 6.42. The standard InChI is InChI=1S/C21H17N3O4S2/c1-23(11-13-9-18(25)22-16-7-3-2-6-15(13)16)19(26)12-24-20(27)17(30-21(24)29)10-14-5-4-8-28-14/h2-10H,11-12H2,1H3,(H,22,25). The highest BCUT2D eigenvalue weighted by Crippen LogP contribution is 2.32. The lowest BCUT2D eigenvalue weighted by atomic mass is 10.1. The summed E-state index contributed by atoms with van der Waals surface area (Å²) < 4.78 is 5.56. The second kappa shape index (κ2) is 8.29. The predicted octanol–water partition coefficient (Wildman–Crippen LogP) is 2.98. The van der Waals surface area contributed by atoms with Gasteiger partial charge >= 0.3 is 0 Å². The quantitative estimate of drug-likeness (QED) is 0.486. The molecule has 0 spiro atoms. The number of thiocarbonyl (C=S) groups is 1. The molecule has 30 heavy (non-hydrogen) atoms. The Balaban J connectivity index is 1.48. The number of pyridine rings is 1. The van der Waals surface area contributed by atoms with Crippen LogP contribution in [0.25, 0.3) is 17.0 Å². The molecule has 1 aliphatic heterocycles. The Morgan fingerprint density at radius 3 is 2.83 bits per heavy atom. The second-order valence-electron chi connectivity index (χ2n) is 6.74. The monoisotopic (exact) mass is 439 g/mol. The van der Waals surface area contributed by atoms with Crippen LogP contribution in [0.2, 0.25) is 0 Å². The fraction of sp³-hybridized carbons (Fsp3) is 0.143. The van der Waals surface area contributed by atoms with Crippen LogP contribution < -0.4 is 5.56 Å². The van der Waals surface area contributed by atoms with E-state index in [4.69, 9.17) is 16.6 Å². The maximum atomic E-state index is 12.8. The van der Waals surface area contributed by atoms with Crippen molar-refractivity contribution in [2.45, 2.75) is 6.54 Å². The lowest BCUT2D eigenvalue weighted by molar-refractivity contribution is -0.134. The van der Waals surface area contributed by atoms with E-state index in [1.165, 1.54) is 22.1 Å². The number of furan rings is 1. The van der Waals surface area contributed by atoms with Crippen molar-refractivity contribution in [3.8, 4) is 0 Å². The van der Waals surface area contributed by atoms with Gasteiger partial charge in [-0.15, -0.1) is 0 Å². The Morgan fingerprint density at radius 2 is 2.07 bits per heavy atom. The van der Waals surface area contributed by atoms with Gasteiger partial charge in [-0.3, -0.25) is 19.3 Å².